The fourth-order valence-electron chi connectivity index (χ4n) is 2.75. The molecule has 0 amide bonds. The van der Waals surface area contributed by atoms with Gasteiger partial charge < -0.3 is 10.1 Å². The van der Waals surface area contributed by atoms with Crippen LogP contribution in [0.4, 0.5) is 0 Å². The standard InChI is InChI=1S/C13H26N4O/c14-17-13(16-12-6-2-1-3-7-12)15-9-11-5-4-8-18-10-11/h11-12H,1-10,14H2,(H2,15,16,17). The molecule has 0 radical (unpaired) electrons. The van der Waals surface area contributed by atoms with E-state index in [1.807, 2.05) is 0 Å². The van der Waals surface area contributed by atoms with Gasteiger partial charge in [0.05, 0.1) is 6.61 Å². The summed E-state index contributed by atoms with van der Waals surface area (Å²) >= 11 is 0. The van der Waals surface area contributed by atoms with Crippen LogP contribution in [-0.4, -0.2) is 31.8 Å². The summed E-state index contributed by atoms with van der Waals surface area (Å²) in [5.74, 6) is 6.83. The van der Waals surface area contributed by atoms with Gasteiger partial charge in [-0.15, -0.1) is 0 Å². The molecule has 1 saturated carbocycles. The molecule has 1 atom stereocenters. The minimum atomic E-state index is 0.538. The number of hydrogen-bond donors (Lipinski definition) is 3. The van der Waals surface area contributed by atoms with E-state index in [1.165, 1.54) is 38.5 Å². The minimum absolute atomic E-state index is 0.538. The molecule has 5 heteroatoms. The second kappa shape index (κ2) is 7.59. The van der Waals surface area contributed by atoms with Crippen molar-refractivity contribution in [3.05, 3.63) is 0 Å². The molecule has 18 heavy (non-hydrogen) atoms. The van der Waals surface area contributed by atoms with Gasteiger partial charge in [-0.1, -0.05) is 19.3 Å². The molecule has 1 saturated heterocycles. The third kappa shape index (κ3) is 4.46. The number of guanidine groups is 1. The molecule has 5 nitrogen and oxygen atoms in total. The van der Waals surface area contributed by atoms with E-state index in [9.17, 15) is 0 Å². The van der Waals surface area contributed by atoms with E-state index < -0.39 is 0 Å². The van der Waals surface area contributed by atoms with Gasteiger partial charge in [0, 0.05) is 25.1 Å². The van der Waals surface area contributed by atoms with Gasteiger partial charge in [-0.3, -0.25) is 10.4 Å². The lowest BCUT2D eigenvalue weighted by Gasteiger charge is -2.25. The number of rotatable bonds is 3. The van der Waals surface area contributed by atoms with Crippen molar-refractivity contribution in [1.29, 1.82) is 0 Å². The fourth-order valence-corrected chi connectivity index (χ4v) is 2.75. The molecular formula is C13H26N4O. The second-order valence-corrected chi connectivity index (χ2v) is 5.40. The Morgan fingerprint density at radius 2 is 2.00 bits per heavy atom. The van der Waals surface area contributed by atoms with Crippen molar-refractivity contribution in [2.45, 2.75) is 51.0 Å². The first kappa shape index (κ1) is 13.6. The summed E-state index contributed by atoms with van der Waals surface area (Å²) in [7, 11) is 0. The lowest BCUT2D eigenvalue weighted by molar-refractivity contribution is 0.0582. The third-order valence-electron chi connectivity index (χ3n) is 3.84. The van der Waals surface area contributed by atoms with E-state index in [-0.39, 0.29) is 0 Å². The van der Waals surface area contributed by atoms with E-state index in [0.717, 1.165) is 32.1 Å². The minimum Gasteiger partial charge on any atom is -0.381 e. The highest BCUT2D eigenvalue weighted by Gasteiger charge is 2.16. The molecule has 1 unspecified atom stereocenters. The maximum Gasteiger partial charge on any atom is 0.205 e. The molecule has 0 bridgehead atoms. The first-order valence-electron chi connectivity index (χ1n) is 7.24. The molecule has 2 aliphatic rings. The Kier molecular flexibility index (Phi) is 5.74. The van der Waals surface area contributed by atoms with Gasteiger partial charge >= 0.3 is 0 Å². The van der Waals surface area contributed by atoms with E-state index in [2.05, 4.69) is 15.7 Å². The first-order valence-corrected chi connectivity index (χ1v) is 7.24. The van der Waals surface area contributed by atoms with Gasteiger partial charge in [0.2, 0.25) is 5.96 Å². The Labute approximate surface area is 110 Å². The zero-order valence-corrected chi connectivity index (χ0v) is 11.2. The van der Waals surface area contributed by atoms with Crippen molar-refractivity contribution in [3.8, 4) is 0 Å². The fraction of sp³-hybridized carbons (Fsp3) is 0.923. The number of hydrogen-bond acceptors (Lipinski definition) is 3. The summed E-state index contributed by atoms with van der Waals surface area (Å²) in [6, 6.07) is 0.538. The van der Waals surface area contributed by atoms with Crippen LogP contribution in [0.5, 0.6) is 0 Å². The molecule has 2 rings (SSSR count). The lowest BCUT2D eigenvalue weighted by atomic mass is 9.96. The molecule has 0 spiro atoms. The van der Waals surface area contributed by atoms with Gasteiger partial charge in [0.25, 0.3) is 0 Å². The first-order chi connectivity index (χ1) is 8.88. The van der Waals surface area contributed by atoms with E-state index in [4.69, 9.17) is 10.6 Å². The maximum atomic E-state index is 5.53. The summed E-state index contributed by atoms with van der Waals surface area (Å²) < 4.78 is 5.46. The number of nitrogens with zero attached hydrogens (tertiary/aromatic N) is 1. The van der Waals surface area contributed by atoms with Crippen LogP contribution in [0, 0.1) is 5.92 Å². The summed E-state index contributed by atoms with van der Waals surface area (Å²) in [4.78, 5) is 4.55. The summed E-state index contributed by atoms with van der Waals surface area (Å²) in [5.41, 5.74) is 2.69. The normalized spacial score (nSPS) is 26.9. The molecule has 0 aromatic rings. The Bertz CT molecular complexity index is 258. The summed E-state index contributed by atoms with van der Waals surface area (Å²) in [6.07, 6.45) is 8.81. The predicted molar refractivity (Wildman–Crippen MR) is 73.2 cm³/mol. The van der Waals surface area contributed by atoms with Crippen LogP contribution in [0.2, 0.25) is 0 Å². The number of hydrazine groups is 1. The Balaban J connectivity index is 1.75. The Hall–Kier alpha value is -0.810. The van der Waals surface area contributed by atoms with E-state index in [1.54, 1.807) is 0 Å². The zero-order chi connectivity index (χ0) is 12.6. The Morgan fingerprint density at radius 1 is 1.17 bits per heavy atom. The molecule has 0 aromatic carbocycles. The van der Waals surface area contributed by atoms with Crippen LogP contribution >= 0.6 is 0 Å². The number of nitrogens with two attached hydrogens (primary N) is 1. The molecular weight excluding hydrogens is 228 g/mol. The smallest absolute Gasteiger partial charge is 0.205 e. The molecule has 1 aliphatic carbocycles. The average molecular weight is 254 g/mol. The third-order valence-corrected chi connectivity index (χ3v) is 3.84. The average Bonchev–Trinajstić information content (AvgIpc) is 2.45. The summed E-state index contributed by atoms with van der Waals surface area (Å²) in [5, 5.41) is 3.42. The topological polar surface area (TPSA) is 71.7 Å². The molecule has 1 heterocycles. The van der Waals surface area contributed by atoms with Crippen molar-refractivity contribution in [3.63, 3.8) is 0 Å². The van der Waals surface area contributed by atoms with Gasteiger partial charge in [-0.2, -0.15) is 0 Å². The van der Waals surface area contributed by atoms with Gasteiger partial charge in [0.15, 0.2) is 0 Å². The molecule has 2 fully saturated rings. The SMILES string of the molecule is NNC(=NCC1CCCOC1)NC1CCCCC1. The highest BCUT2D eigenvalue weighted by Crippen LogP contribution is 2.17. The highest BCUT2D eigenvalue weighted by molar-refractivity contribution is 5.79. The van der Waals surface area contributed by atoms with Crippen LogP contribution in [0.3, 0.4) is 0 Å². The quantitative estimate of drug-likeness (QED) is 0.306. The van der Waals surface area contributed by atoms with Gasteiger partial charge in [0.1, 0.15) is 0 Å². The molecule has 104 valence electrons. The maximum absolute atomic E-state index is 5.53. The monoisotopic (exact) mass is 254 g/mol. The highest BCUT2D eigenvalue weighted by atomic mass is 16.5. The Morgan fingerprint density at radius 3 is 2.67 bits per heavy atom. The van der Waals surface area contributed by atoms with Crippen molar-refractivity contribution >= 4 is 5.96 Å². The largest absolute Gasteiger partial charge is 0.381 e. The van der Waals surface area contributed by atoms with Crippen molar-refractivity contribution in [2.24, 2.45) is 16.8 Å². The number of ether oxygens (including phenoxy) is 1. The zero-order valence-electron chi connectivity index (χ0n) is 11.2. The van der Waals surface area contributed by atoms with Crippen LogP contribution in [-0.2, 0) is 4.74 Å². The van der Waals surface area contributed by atoms with E-state index in [0.29, 0.717) is 12.0 Å². The predicted octanol–water partition coefficient (Wildman–Crippen LogP) is 1.15. The van der Waals surface area contributed by atoms with Gasteiger partial charge in [-0.25, -0.2) is 5.84 Å². The van der Waals surface area contributed by atoms with E-state index >= 15 is 0 Å². The lowest BCUT2D eigenvalue weighted by Crippen LogP contribution is -2.47. The van der Waals surface area contributed by atoms with Crippen LogP contribution in [0.25, 0.3) is 0 Å². The summed E-state index contributed by atoms with van der Waals surface area (Å²) in [6.45, 7) is 2.55. The van der Waals surface area contributed by atoms with Crippen LogP contribution in [0.15, 0.2) is 4.99 Å². The molecule has 4 N–H and O–H groups in total. The van der Waals surface area contributed by atoms with Crippen molar-refractivity contribution in [2.75, 3.05) is 19.8 Å². The van der Waals surface area contributed by atoms with Crippen molar-refractivity contribution in [1.82, 2.24) is 10.7 Å². The number of nitrogens with one attached hydrogen (secondary N) is 2. The van der Waals surface area contributed by atoms with Crippen LogP contribution in [0.1, 0.15) is 44.9 Å². The number of aliphatic imine (C=N–C) groups is 1. The molecule has 1 aliphatic heterocycles. The molecule has 0 aromatic heterocycles. The van der Waals surface area contributed by atoms with Crippen molar-refractivity contribution < 1.29 is 4.74 Å². The second-order valence-electron chi connectivity index (χ2n) is 5.40. The van der Waals surface area contributed by atoms with Crippen LogP contribution < -0.4 is 16.6 Å². The van der Waals surface area contributed by atoms with Gasteiger partial charge in [-0.05, 0) is 25.7 Å².